The van der Waals surface area contributed by atoms with Gasteiger partial charge in [-0.3, -0.25) is 4.57 Å². The molecule has 154 valence electrons. The summed E-state index contributed by atoms with van der Waals surface area (Å²) in [5.41, 5.74) is -0.580. The van der Waals surface area contributed by atoms with Crippen LogP contribution in [0.25, 0.3) is 10.9 Å². The van der Waals surface area contributed by atoms with E-state index in [0.29, 0.717) is 27.6 Å². The molecule has 1 aromatic heterocycles. The van der Waals surface area contributed by atoms with Crippen LogP contribution < -0.4 is 10.6 Å². The number of aryl methyl sites for hydroxylation is 1. The molecule has 0 unspecified atom stereocenters. The summed E-state index contributed by atoms with van der Waals surface area (Å²) in [5.74, 6) is 5.49. The van der Waals surface area contributed by atoms with Gasteiger partial charge in [0, 0.05) is 35.8 Å². The fourth-order valence-electron chi connectivity index (χ4n) is 3.27. The molecule has 0 saturated heterocycles. The molecule has 1 heterocycles. The van der Waals surface area contributed by atoms with Crippen LogP contribution >= 0.6 is 11.6 Å². The first-order chi connectivity index (χ1) is 14.1. The molecule has 1 saturated carbocycles. The average Bonchev–Trinajstić information content (AvgIpc) is 3.50. The lowest BCUT2D eigenvalue weighted by atomic mass is 10.1. The molecule has 8 heteroatoms. The normalized spacial score (nSPS) is 14.9. The molecule has 4 rings (SSSR count). The van der Waals surface area contributed by atoms with Crippen molar-refractivity contribution in [2.45, 2.75) is 19.0 Å². The van der Waals surface area contributed by atoms with Crippen molar-refractivity contribution in [3.8, 4) is 11.8 Å². The minimum Gasteiger partial charge on any atom is -0.329 e. The van der Waals surface area contributed by atoms with Gasteiger partial charge in [0.15, 0.2) is 0 Å². The van der Waals surface area contributed by atoms with Gasteiger partial charge in [-0.25, -0.2) is 4.79 Å². The Kier molecular flexibility index (Phi) is 4.78. The number of fused-ring (bicyclic) bond motifs is 1. The van der Waals surface area contributed by atoms with Crippen molar-refractivity contribution in [2.24, 2.45) is 12.5 Å². The van der Waals surface area contributed by atoms with Crippen LogP contribution in [0.15, 0.2) is 47.3 Å². The Balaban J connectivity index is 1.74. The van der Waals surface area contributed by atoms with Crippen LogP contribution in [0.5, 0.6) is 0 Å². The SMILES string of the molecule is CN(c1cccc(C#CC2(C(F)(F)F)CC2)c1)c1nc(=O)n(C)c2cc(Cl)ccc12. The van der Waals surface area contributed by atoms with E-state index >= 15 is 0 Å². The van der Waals surface area contributed by atoms with Crippen LogP contribution in [0.2, 0.25) is 5.02 Å². The van der Waals surface area contributed by atoms with Crippen molar-refractivity contribution in [1.29, 1.82) is 0 Å². The molecule has 0 atom stereocenters. The van der Waals surface area contributed by atoms with Gasteiger partial charge in [0.05, 0.1) is 5.52 Å². The molecule has 1 aliphatic carbocycles. The Hall–Kier alpha value is -2.98. The predicted octanol–water partition coefficient (Wildman–Crippen LogP) is 5.05. The molecule has 4 nitrogen and oxygen atoms in total. The highest BCUT2D eigenvalue weighted by Crippen LogP contribution is 2.57. The van der Waals surface area contributed by atoms with E-state index in [1.807, 2.05) is 0 Å². The molecule has 0 spiro atoms. The molecule has 3 aromatic rings. The Morgan fingerprint density at radius 3 is 2.60 bits per heavy atom. The Labute approximate surface area is 175 Å². The lowest BCUT2D eigenvalue weighted by Gasteiger charge is -2.21. The van der Waals surface area contributed by atoms with Crippen LogP contribution in [-0.4, -0.2) is 22.8 Å². The van der Waals surface area contributed by atoms with Crippen molar-refractivity contribution in [1.82, 2.24) is 9.55 Å². The van der Waals surface area contributed by atoms with E-state index in [-0.39, 0.29) is 12.8 Å². The molecule has 0 aliphatic heterocycles. The number of aromatic nitrogens is 2. The predicted molar refractivity (Wildman–Crippen MR) is 111 cm³/mol. The second kappa shape index (κ2) is 7.06. The first-order valence-corrected chi connectivity index (χ1v) is 9.59. The first kappa shape index (κ1) is 20.3. The molecular formula is C22H17ClF3N3O. The maximum atomic E-state index is 13.1. The summed E-state index contributed by atoms with van der Waals surface area (Å²) in [4.78, 5) is 18.2. The second-order valence-electron chi connectivity index (χ2n) is 7.38. The molecule has 1 aliphatic rings. The Morgan fingerprint density at radius 1 is 1.20 bits per heavy atom. The minimum atomic E-state index is -4.32. The van der Waals surface area contributed by atoms with E-state index in [1.165, 1.54) is 4.57 Å². The molecule has 2 aromatic carbocycles. The Morgan fingerprint density at radius 2 is 1.93 bits per heavy atom. The third-order valence-corrected chi connectivity index (χ3v) is 5.58. The molecular weight excluding hydrogens is 415 g/mol. The zero-order valence-corrected chi connectivity index (χ0v) is 17.0. The van der Waals surface area contributed by atoms with E-state index in [2.05, 4.69) is 16.8 Å². The number of benzene rings is 2. The average molecular weight is 432 g/mol. The summed E-state index contributed by atoms with van der Waals surface area (Å²) in [6.07, 6.45) is -4.24. The number of nitrogens with zero attached hydrogens (tertiary/aromatic N) is 3. The lowest BCUT2D eigenvalue weighted by molar-refractivity contribution is -0.168. The fraction of sp³-hybridized carbons (Fsp3) is 0.273. The standard InChI is InChI=1S/C22H17ClF3N3O/c1-28(19-17-7-6-15(23)13-18(17)29(2)20(30)27-19)16-5-3-4-14(12-16)8-9-21(10-11-21)22(24,25)26/h3-7,12-13H,10-11H2,1-2H3. The maximum Gasteiger partial charge on any atom is 0.405 e. The van der Waals surface area contributed by atoms with Gasteiger partial charge < -0.3 is 4.90 Å². The largest absolute Gasteiger partial charge is 0.405 e. The van der Waals surface area contributed by atoms with Gasteiger partial charge in [0.1, 0.15) is 11.2 Å². The summed E-state index contributed by atoms with van der Waals surface area (Å²) in [5, 5.41) is 1.21. The molecule has 0 radical (unpaired) electrons. The highest BCUT2D eigenvalue weighted by molar-refractivity contribution is 6.31. The van der Waals surface area contributed by atoms with Gasteiger partial charge in [-0.15, -0.1) is 0 Å². The summed E-state index contributed by atoms with van der Waals surface area (Å²) in [7, 11) is 3.35. The summed E-state index contributed by atoms with van der Waals surface area (Å²) >= 11 is 6.08. The first-order valence-electron chi connectivity index (χ1n) is 9.21. The number of anilines is 2. The highest BCUT2D eigenvalue weighted by atomic mass is 35.5. The van der Waals surface area contributed by atoms with Crippen LogP contribution in [0.4, 0.5) is 24.7 Å². The third-order valence-electron chi connectivity index (χ3n) is 5.34. The van der Waals surface area contributed by atoms with Gasteiger partial charge in [-0.1, -0.05) is 29.5 Å². The van der Waals surface area contributed by atoms with Crippen molar-refractivity contribution in [2.75, 3.05) is 11.9 Å². The molecule has 1 fully saturated rings. The van der Waals surface area contributed by atoms with Crippen LogP contribution in [0, 0.1) is 17.3 Å². The number of halogens is 4. The number of hydrogen-bond acceptors (Lipinski definition) is 3. The van der Waals surface area contributed by atoms with Gasteiger partial charge in [-0.05, 0) is 49.2 Å². The van der Waals surface area contributed by atoms with Crippen LogP contribution in [0.3, 0.4) is 0 Å². The summed E-state index contributed by atoms with van der Waals surface area (Å²) < 4.78 is 40.8. The van der Waals surface area contributed by atoms with Crippen molar-refractivity contribution in [3.63, 3.8) is 0 Å². The molecule has 0 N–H and O–H groups in total. The van der Waals surface area contributed by atoms with Gasteiger partial charge in [0.25, 0.3) is 0 Å². The number of alkyl halides is 3. The molecule has 0 bridgehead atoms. The van der Waals surface area contributed by atoms with Gasteiger partial charge >= 0.3 is 11.9 Å². The quantitative estimate of drug-likeness (QED) is 0.533. The highest BCUT2D eigenvalue weighted by Gasteiger charge is 2.62. The Bertz CT molecular complexity index is 1270. The van der Waals surface area contributed by atoms with Gasteiger partial charge in [0.2, 0.25) is 0 Å². The van der Waals surface area contributed by atoms with E-state index in [9.17, 15) is 18.0 Å². The van der Waals surface area contributed by atoms with Crippen LogP contribution in [0.1, 0.15) is 18.4 Å². The zero-order chi connectivity index (χ0) is 21.7. The monoisotopic (exact) mass is 431 g/mol. The number of rotatable bonds is 2. The van der Waals surface area contributed by atoms with Crippen LogP contribution in [-0.2, 0) is 7.05 Å². The van der Waals surface area contributed by atoms with Crippen molar-refractivity contribution >= 4 is 34.0 Å². The summed E-state index contributed by atoms with van der Waals surface area (Å²) in [6.45, 7) is 0. The fourth-order valence-corrected chi connectivity index (χ4v) is 3.43. The van der Waals surface area contributed by atoms with E-state index in [4.69, 9.17) is 11.6 Å². The molecule has 30 heavy (non-hydrogen) atoms. The topological polar surface area (TPSA) is 38.1 Å². The minimum absolute atomic E-state index is 0.0366. The lowest BCUT2D eigenvalue weighted by Crippen LogP contribution is -2.24. The number of hydrogen-bond donors (Lipinski definition) is 0. The zero-order valence-electron chi connectivity index (χ0n) is 16.2. The third kappa shape index (κ3) is 3.52. The van der Waals surface area contributed by atoms with Crippen molar-refractivity contribution < 1.29 is 13.2 Å². The molecule has 0 amide bonds. The second-order valence-corrected chi connectivity index (χ2v) is 7.81. The smallest absolute Gasteiger partial charge is 0.329 e. The van der Waals surface area contributed by atoms with Crippen molar-refractivity contribution in [3.05, 3.63) is 63.5 Å². The van der Waals surface area contributed by atoms with Gasteiger partial charge in [-0.2, -0.15) is 18.2 Å². The summed E-state index contributed by atoms with van der Waals surface area (Å²) in [6, 6.07) is 12.0. The van der Waals surface area contributed by atoms with E-state index in [1.54, 1.807) is 61.5 Å². The maximum absolute atomic E-state index is 13.1. The van der Waals surface area contributed by atoms with E-state index < -0.39 is 17.3 Å². The van der Waals surface area contributed by atoms with E-state index in [0.717, 1.165) is 5.39 Å².